The van der Waals surface area contributed by atoms with Crippen molar-refractivity contribution in [2.45, 2.75) is 45.1 Å². The van der Waals surface area contributed by atoms with Crippen LogP contribution in [-0.2, 0) is 14.8 Å². The van der Waals surface area contributed by atoms with Crippen LogP contribution in [0, 0.1) is 19.8 Å². The number of anilines is 1. The van der Waals surface area contributed by atoms with Gasteiger partial charge in [0.2, 0.25) is 5.91 Å². The predicted octanol–water partition coefficient (Wildman–Crippen LogP) is 6.06. The Labute approximate surface area is 207 Å². The van der Waals surface area contributed by atoms with Gasteiger partial charge in [0.05, 0.1) is 16.6 Å². The smallest absolute Gasteiger partial charge is 0.264 e. The van der Waals surface area contributed by atoms with E-state index in [-0.39, 0.29) is 23.4 Å². The van der Waals surface area contributed by atoms with Gasteiger partial charge in [0.15, 0.2) is 0 Å². The van der Waals surface area contributed by atoms with Gasteiger partial charge in [-0.3, -0.25) is 9.10 Å². The number of halogens is 1. The maximum Gasteiger partial charge on any atom is 0.264 e. The average Bonchev–Trinajstić information content (AvgIpc) is 2.78. The predicted molar refractivity (Wildman–Crippen MR) is 139 cm³/mol. The van der Waals surface area contributed by atoms with Crippen molar-refractivity contribution >= 4 is 33.2 Å². The number of amides is 1. The summed E-state index contributed by atoms with van der Waals surface area (Å²) in [6, 6.07) is 21.1. The van der Waals surface area contributed by atoms with Gasteiger partial charge < -0.3 is 5.32 Å². The molecule has 7 heteroatoms. The van der Waals surface area contributed by atoms with E-state index in [9.17, 15) is 13.2 Å². The number of nitrogens with one attached hydrogen (secondary N) is 1. The number of aryl methyl sites for hydroxylation is 2. The average molecular weight is 499 g/mol. The summed E-state index contributed by atoms with van der Waals surface area (Å²) in [5.74, 6) is -0.0315. The zero-order chi connectivity index (χ0) is 24.9. The second-order valence-corrected chi connectivity index (χ2v) is 11.2. The van der Waals surface area contributed by atoms with Gasteiger partial charge in [0.25, 0.3) is 10.0 Å². The Balaban J connectivity index is 1.96. The lowest BCUT2D eigenvalue weighted by molar-refractivity contribution is -0.120. The number of hydrogen-bond acceptors (Lipinski definition) is 3. The Morgan fingerprint density at radius 1 is 0.971 bits per heavy atom. The van der Waals surface area contributed by atoms with Crippen LogP contribution in [0.2, 0.25) is 5.02 Å². The summed E-state index contributed by atoms with van der Waals surface area (Å²) in [4.78, 5) is 13.4. The molecule has 3 aromatic carbocycles. The summed E-state index contributed by atoms with van der Waals surface area (Å²) >= 11 is 6.11. The minimum Gasteiger partial charge on any atom is -0.348 e. The van der Waals surface area contributed by atoms with Gasteiger partial charge in [-0.1, -0.05) is 73.5 Å². The van der Waals surface area contributed by atoms with E-state index < -0.39 is 10.0 Å². The van der Waals surface area contributed by atoms with Crippen LogP contribution in [0.4, 0.5) is 5.69 Å². The lowest BCUT2D eigenvalue weighted by atomic mass is 9.97. The molecule has 180 valence electrons. The molecule has 0 fully saturated rings. The minimum absolute atomic E-state index is 0.127. The van der Waals surface area contributed by atoms with Gasteiger partial charge in [-0.05, 0) is 67.6 Å². The van der Waals surface area contributed by atoms with Crippen molar-refractivity contribution in [2.75, 3.05) is 10.8 Å². The molecule has 0 aliphatic carbocycles. The minimum atomic E-state index is -4.00. The number of carbonyl (C=O) groups is 1. The molecule has 0 unspecified atom stereocenters. The SMILES string of the molecule is Cc1ccc(S(=O)(=O)N(CC(=O)N[C@H](CC(C)C)c2ccccc2)c2ccc(Cl)cc2C)cc1. The standard InChI is InChI=1S/C27H31ClN2O3S/c1-19(2)16-25(22-8-6-5-7-9-22)29-27(31)18-30(26-15-12-23(28)17-21(26)4)34(32,33)24-13-10-20(3)11-14-24/h5-15,17,19,25H,16,18H2,1-4H3,(H,29,31)/t25-/m1/s1. The van der Waals surface area contributed by atoms with Crippen LogP contribution >= 0.6 is 11.6 Å². The molecule has 0 aliphatic rings. The fourth-order valence-corrected chi connectivity index (χ4v) is 5.55. The Hall–Kier alpha value is -2.83. The topological polar surface area (TPSA) is 66.5 Å². The van der Waals surface area contributed by atoms with Gasteiger partial charge in [0, 0.05) is 5.02 Å². The van der Waals surface area contributed by atoms with Crippen molar-refractivity contribution in [3.8, 4) is 0 Å². The second-order valence-electron chi connectivity index (χ2n) is 8.92. The quantitative estimate of drug-likeness (QED) is 0.390. The van der Waals surface area contributed by atoms with Crippen LogP contribution < -0.4 is 9.62 Å². The van der Waals surface area contributed by atoms with Crippen molar-refractivity contribution in [2.24, 2.45) is 5.92 Å². The van der Waals surface area contributed by atoms with E-state index in [1.54, 1.807) is 49.4 Å². The van der Waals surface area contributed by atoms with Gasteiger partial charge >= 0.3 is 0 Å². The largest absolute Gasteiger partial charge is 0.348 e. The van der Waals surface area contributed by atoms with E-state index in [2.05, 4.69) is 19.2 Å². The third-order valence-corrected chi connectivity index (χ3v) is 7.58. The summed E-state index contributed by atoms with van der Waals surface area (Å²) in [5.41, 5.74) is 3.02. The molecule has 0 saturated heterocycles. The van der Waals surface area contributed by atoms with Gasteiger partial charge in [-0.2, -0.15) is 0 Å². The van der Waals surface area contributed by atoms with Crippen molar-refractivity contribution in [3.05, 3.63) is 94.5 Å². The Morgan fingerprint density at radius 2 is 1.62 bits per heavy atom. The lowest BCUT2D eigenvalue weighted by Crippen LogP contribution is -2.42. The highest BCUT2D eigenvalue weighted by Crippen LogP contribution is 2.29. The normalized spacial score (nSPS) is 12.4. The summed E-state index contributed by atoms with van der Waals surface area (Å²) in [5, 5.41) is 3.56. The number of carbonyl (C=O) groups excluding carboxylic acids is 1. The molecule has 34 heavy (non-hydrogen) atoms. The molecule has 1 N–H and O–H groups in total. The van der Waals surface area contributed by atoms with Crippen molar-refractivity contribution in [1.29, 1.82) is 0 Å². The molecule has 0 spiro atoms. The van der Waals surface area contributed by atoms with Crippen LogP contribution in [0.15, 0.2) is 77.7 Å². The van der Waals surface area contributed by atoms with E-state index in [0.29, 0.717) is 22.2 Å². The number of benzene rings is 3. The molecule has 1 atom stereocenters. The van der Waals surface area contributed by atoms with Gasteiger partial charge in [-0.25, -0.2) is 8.42 Å². The van der Waals surface area contributed by atoms with E-state index >= 15 is 0 Å². The molecular formula is C27H31ClN2O3S. The van der Waals surface area contributed by atoms with Crippen molar-refractivity contribution in [1.82, 2.24) is 5.32 Å². The second kappa shape index (κ2) is 11.1. The van der Waals surface area contributed by atoms with Gasteiger partial charge in [0.1, 0.15) is 6.54 Å². The highest BCUT2D eigenvalue weighted by Gasteiger charge is 2.29. The summed E-state index contributed by atoms with van der Waals surface area (Å²) < 4.78 is 28.5. The van der Waals surface area contributed by atoms with E-state index in [4.69, 9.17) is 11.6 Å². The lowest BCUT2D eigenvalue weighted by Gasteiger charge is -2.27. The van der Waals surface area contributed by atoms with Crippen LogP contribution in [0.5, 0.6) is 0 Å². The number of nitrogens with zero attached hydrogens (tertiary/aromatic N) is 1. The third-order valence-electron chi connectivity index (χ3n) is 5.57. The Morgan fingerprint density at radius 3 is 2.21 bits per heavy atom. The van der Waals surface area contributed by atoms with Crippen LogP contribution in [0.3, 0.4) is 0 Å². The fourth-order valence-electron chi connectivity index (χ4n) is 3.84. The summed E-state index contributed by atoms with van der Waals surface area (Å²) in [7, 11) is -4.00. The monoisotopic (exact) mass is 498 g/mol. The number of rotatable bonds is 9. The van der Waals surface area contributed by atoms with Crippen LogP contribution in [0.1, 0.15) is 43.0 Å². The molecule has 3 aromatic rings. The molecule has 0 heterocycles. The summed E-state index contributed by atoms with van der Waals surface area (Å²) in [6.45, 7) is 7.51. The van der Waals surface area contributed by atoms with E-state index in [1.165, 1.54) is 0 Å². The highest BCUT2D eigenvalue weighted by molar-refractivity contribution is 7.92. The first-order chi connectivity index (χ1) is 16.1. The fraction of sp³-hybridized carbons (Fsp3) is 0.296. The maximum absolute atomic E-state index is 13.7. The first kappa shape index (κ1) is 25.8. The molecule has 5 nitrogen and oxygen atoms in total. The maximum atomic E-state index is 13.7. The molecule has 0 aliphatic heterocycles. The molecule has 0 bridgehead atoms. The first-order valence-corrected chi connectivity index (χ1v) is 13.1. The number of sulfonamides is 1. The highest BCUT2D eigenvalue weighted by atomic mass is 35.5. The van der Waals surface area contributed by atoms with Crippen LogP contribution in [-0.4, -0.2) is 20.9 Å². The molecule has 0 radical (unpaired) electrons. The van der Waals surface area contributed by atoms with Crippen LogP contribution in [0.25, 0.3) is 0 Å². The van der Waals surface area contributed by atoms with Crippen molar-refractivity contribution in [3.63, 3.8) is 0 Å². The Kier molecular flexibility index (Phi) is 8.39. The van der Waals surface area contributed by atoms with Crippen molar-refractivity contribution < 1.29 is 13.2 Å². The zero-order valence-electron chi connectivity index (χ0n) is 20.0. The zero-order valence-corrected chi connectivity index (χ0v) is 21.5. The third kappa shape index (κ3) is 6.39. The molecule has 0 aromatic heterocycles. The molecule has 0 saturated carbocycles. The Bertz CT molecular complexity index is 1230. The molecule has 1 amide bonds. The number of hydrogen-bond donors (Lipinski definition) is 1. The molecule has 3 rings (SSSR count). The van der Waals surface area contributed by atoms with E-state index in [0.717, 1.165) is 21.9 Å². The summed E-state index contributed by atoms with van der Waals surface area (Å²) in [6.07, 6.45) is 0.737. The van der Waals surface area contributed by atoms with Gasteiger partial charge in [-0.15, -0.1) is 0 Å². The first-order valence-electron chi connectivity index (χ1n) is 11.3. The molecular weight excluding hydrogens is 468 g/mol. The van der Waals surface area contributed by atoms with E-state index in [1.807, 2.05) is 37.3 Å².